The van der Waals surface area contributed by atoms with Crippen molar-refractivity contribution < 1.29 is 28.6 Å². The molecule has 0 aliphatic heterocycles. The lowest BCUT2D eigenvalue weighted by Gasteiger charge is -2.18. The van der Waals surface area contributed by atoms with Gasteiger partial charge in [0.15, 0.2) is 6.10 Å². The molecule has 1 atom stereocenters. The van der Waals surface area contributed by atoms with E-state index in [1.165, 1.54) is 141 Å². The maximum Gasteiger partial charge on any atom is 0.306 e. The maximum atomic E-state index is 12.8. The van der Waals surface area contributed by atoms with Crippen LogP contribution < -0.4 is 0 Å². The summed E-state index contributed by atoms with van der Waals surface area (Å²) in [7, 11) is 0. The highest BCUT2D eigenvalue weighted by Gasteiger charge is 2.19. The summed E-state index contributed by atoms with van der Waals surface area (Å²) < 4.78 is 16.8. The molecule has 0 amide bonds. The highest BCUT2D eigenvalue weighted by molar-refractivity contribution is 5.71. The van der Waals surface area contributed by atoms with Gasteiger partial charge in [-0.2, -0.15) is 0 Å². The van der Waals surface area contributed by atoms with Crippen LogP contribution in [0.25, 0.3) is 0 Å². The molecule has 0 saturated carbocycles. The van der Waals surface area contributed by atoms with E-state index in [1.807, 2.05) is 0 Å². The molecule has 0 aromatic rings. The van der Waals surface area contributed by atoms with E-state index < -0.39 is 6.10 Å². The molecule has 0 aliphatic rings. The van der Waals surface area contributed by atoms with Crippen LogP contribution in [0.5, 0.6) is 0 Å². The SMILES string of the molecule is CCCC/C=C\CCCCCCCC(=O)O[C@@H](COC(=O)CCCCCCC/C=C\CCCCCC)COC(=O)CCCCCCCCCCC/C=C\C/C=C\CCCCC. The lowest BCUT2D eigenvalue weighted by Crippen LogP contribution is -2.30. The molecular weight excluding hydrogens is 757 g/mol. The average molecular weight is 855 g/mol. The molecule has 61 heavy (non-hydrogen) atoms. The van der Waals surface area contributed by atoms with Crippen molar-refractivity contribution >= 4 is 17.9 Å². The van der Waals surface area contributed by atoms with Gasteiger partial charge in [0.05, 0.1) is 0 Å². The maximum absolute atomic E-state index is 12.8. The van der Waals surface area contributed by atoms with E-state index in [1.54, 1.807) is 0 Å². The second-order valence-electron chi connectivity index (χ2n) is 17.4. The molecule has 0 bridgehead atoms. The van der Waals surface area contributed by atoms with Crippen molar-refractivity contribution in [2.45, 2.75) is 271 Å². The smallest absolute Gasteiger partial charge is 0.306 e. The molecule has 0 radical (unpaired) electrons. The number of hydrogen-bond donors (Lipinski definition) is 0. The van der Waals surface area contributed by atoms with Gasteiger partial charge in [0.25, 0.3) is 0 Å². The third-order valence-electron chi connectivity index (χ3n) is 11.3. The number of unbranched alkanes of at least 4 members (excludes halogenated alkanes) is 28. The van der Waals surface area contributed by atoms with E-state index in [2.05, 4.69) is 69.4 Å². The van der Waals surface area contributed by atoms with Crippen molar-refractivity contribution in [3.05, 3.63) is 48.6 Å². The molecule has 0 spiro atoms. The van der Waals surface area contributed by atoms with Crippen LogP contribution in [-0.4, -0.2) is 37.2 Å². The highest BCUT2D eigenvalue weighted by Crippen LogP contribution is 2.14. The minimum Gasteiger partial charge on any atom is -0.462 e. The van der Waals surface area contributed by atoms with Crippen LogP contribution in [0.15, 0.2) is 48.6 Å². The monoisotopic (exact) mass is 855 g/mol. The first-order valence-electron chi connectivity index (χ1n) is 26.1. The number of ether oxygens (including phenoxy) is 3. The molecule has 0 saturated heterocycles. The van der Waals surface area contributed by atoms with Crippen molar-refractivity contribution in [3.63, 3.8) is 0 Å². The summed E-state index contributed by atoms with van der Waals surface area (Å²) in [6.07, 6.45) is 59.5. The van der Waals surface area contributed by atoms with Crippen molar-refractivity contribution in [1.82, 2.24) is 0 Å². The van der Waals surface area contributed by atoms with Gasteiger partial charge in [-0.1, -0.05) is 198 Å². The lowest BCUT2D eigenvalue weighted by molar-refractivity contribution is -0.167. The Morgan fingerprint density at radius 1 is 0.328 bits per heavy atom. The second kappa shape index (κ2) is 50.0. The molecule has 0 aliphatic carbocycles. The molecule has 0 N–H and O–H groups in total. The number of carbonyl (C=O) groups is 3. The summed E-state index contributed by atoms with van der Waals surface area (Å²) in [5.41, 5.74) is 0. The second-order valence-corrected chi connectivity index (χ2v) is 17.4. The first-order valence-corrected chi connectivity index (χ1v) is 26.1. The zero-order valence-electron chi connectivity index (χ0n) is 40.4. The average Bonchev–Trinajstić information content (AvgIpc) is 3.26. The van der Waals surface area contributed by atoms with E-state index in [0.717, 1.165) is 83.5 Å². The molecule has 0 heterocycles. The third-order valence-corrected chi connectivity index (χ3v) is 11.3. The standard InChI is InChI=1S/C55H98O6/c1-4-7-10-13-16-19-22-24-25-26-27-28-29-31-34-36-39-42-45-48-54(57)60-51-52(61-55(58)49-46-43-40-37-32-21-18-15-12-9-6-3)50-59-53(56)47-44-41-38-35-33-30-23-20-17-14-11-8-5-2/h15-16,18-20,23-25,52H,4-14,17,21-22,26-51H2,1-3H3/b18-15-,19-16-,23-20-,25-24-/t52-/m0/s1. The van der Waals surface area contributed by atoms with Crippen LogP contribution in [0.4, 0.5) is 0 Å². The molecular formula is C55H98O6. The van der Waals surface area contributed by atoms with E-state index in [9.17, 15) is 14.4 Å². The topological polar surface area (TPSA) is 78.9 Å². The van der Waals surface area contributed by atoms with Gasteiger partial charge in [0, 0.05) is 19.3 Å². The van der Waals surface area contributed by atoms with Gasteiger partial charge in [-0.05, 0) is 96.3 Å². The molecule has 6 heteroatoms. The zero-order valence-corrected chi connectivity index (χ0v) is 40.4. The van der Waals surface area contributed by atoms with Crippen LogP contribution in [0.1, 0.15) is 265 Å². The Morgan fingerprint density at radius 3 is 1.00 bits per heavy atom. The Kier molecular flexibility index (Phi) is 47.9. The van der Waals surface area contributed by atoms with E-state index in [4.69, 9.17) is 14.2 Å². The Morgan fingerprint density at radius 2 is 0.607 bits per heavy atom. The first-order chi connectivity index (χ1) is 30.0. The van der Waals surface area contributed by atoms with Crippen molar-refractivity contribution in [2.75, 3.05) is 13.2 Å². The van der Waals surface area contributed by atoms with Gasteiger partial charge in [-0.15, -0.1) is 0 Å². The highest BCUT2D eigenvalue weighted by atomic mass is 16.6. The summed E-state index contributed by atoms with van der Waals surface area (Å²) in [5, 5.41) is 0. The number of allylic oxidation sites excluding steroid dienone is 8. The lowest BCUT2D eigenvalue weighted by atomic mass is 10.1. The largest absolute Gasteiger partial charge is 0.462 e. The van der Waals surface area contributed by atoms with Gasteiger partial charge < -0.3 is 14.2 Å². The number of carbonyl (C=O) groups excluding carboxylic acids is 3. The molecule has 0 unspecified atom stereocenters. The summed E-state index contributed by atoms with van der Waals surface area (Å²) in [6, 6.07) is 0. The Labute approximate surface area is 378 Å². The van der Waals surface area contributed by atoms with Crippen LogP contribution in [-0.2, 0) is 28.6 Å². The molecule has 0 aromatic carbocycles. The first kappa shape index (κ1) is 58.4. The Hall–Kier alpha value is -2.63. The fraction of sp³-hybridized carbons (Fsp3) is 0.800. The van der Waals surface area contributed by atoms with Crippen LogP contribution >= 0.6 is 0 Å². The van der Waals surface area contributed by atoms with Gasteiger partial charge in [0.1, 0.15) is 13.2 Å². The van der Waals surface area contributed by atoms with E-state index >= 15 is 0 Å². The van der Waals surface area contributed by atoms with Gasteiger partial charge in [0.2, 0.25) is 0 Å². The summed E-state index contributed by atoms with van der Waals surface area (Å²) in [4.78, 5) is 37.9. The van der Waals surface area contributed by atoms with Crippen LogP contribution in [0.3, 0.4) is 0 Å². The normalized spacial score (nSPS) is 12.4. The summed E-state index contributed by atoms with van der Waals surface area (Å²) in [6.45, 7) is 6.55. The summed E-state index contributed by atoms with van der Waals surface area (Å²) in [5.74, 6) is -0.898. The van der Waals surface area contributed by atoms with Crippen molar-refractivity contribution in [2.24, 2.45) is 0 Å². The van der Waals surface area contributed by atoms with Crippen LogP contribution in [0, 0.1) is 0 Å². The third kappa shape index (κ3) is 48.3. The zero-order chi connectivity index (χ0) is 44.4. The van der Waals surface area contributed by atoms with E-state index in [0.29, 0.717) is 19.3 Å². The molecule has 0 rings (SSSR count). The number of esters is 3. The molecule has 354 valence electrons. The quantitative estimate of drug-likeness (QED) is 0.0263. The Bertz CT molecular complexity index is 1070. The molecule has 0 aromatic heterocycles. The summed E-state index contributed by atoms with van der Waals surface area (Å²) >= 11 is 0. The minimum absolute atomic E-state index is 0.0806. The molecule has 6 nitrogen and oxygen atoms in total. The predicted octanol–water partition coefficient (Wildman–Crippen LogP) is 17.1. The fourth-order valence-electron chi connectivity index (χ4n) is 7.27. The van der Waals surface area contributed by atoms with Gasteiger partial charge in [-0.25, -0.2) is 0 Å². The van der Waals surface area contributed by atoms with Gasteiger partial charge >= 0.3 is 17.9 Å². The number of rotatable bonds is 47. The van der Waals surface area contributed by atoms with Crippen molar-refractivity contribution in [3.8, 4) is 0 Å². The Balaban J connectivity index is 4.32. The van der Waals surface area contributed by atoms with E-state index in [-0.39, 0.29) is 31.1 Å². The minimum atomic E-state index is -0.780. The molecule has 0 fully saturated rings. The van der Waals surface area contributed by atoms with Gasteiger partial charge in [-0.3, -0.25) is 14.4 Å². The predicted molar refractivity (Wildman–Crippen MR) is 261 cm³/mol. The number of hydrogen-bond acceptors (Lipinski definition) is 6. The van der Waals surface area contributed by atoms with Crippen LogP contribution in [0.2, 0.25) is 0 Å². The van der Waals surface area contributed by atoms with Crippen molar-refractivity contribution in [1.29, 1.82) is 0 Å². The fourth-order valence-corrected chi connectivity index (χ4v) is 7.27.